The lowest BCUT2D eigenvalue weighted by Gasteiger charge is -2.39. The van der Waals surface area contributed by atoms with Crippen LogP contribution in [-0.4, -0.2) is 82.7 Å². The number of thioether (sulfide) groups is 1. The van der Waals surface area contributed by atoms with E-state index in [1.807, 2.05) is 62.4 Å². The Balaban J connectivity index is 1.59. The van der Waals surface area contributed by atoms with E-state index in [2.05, 4.69) is 18.7 Å². The standard InChI is InChI=1S/C30H39N3O5S/c1-5-31(6-2)20-11-13-21(14-12-20)32-16-9-15-30-25(24-23(39-30)10-7-8-17-38-29(24)37)27(35)33(26(30)28(32)36)22(18-34)19(3)4/h7,9-15,19,22-26,34H,5-6,8,16-18H2,1-4H3/t22-,23-,24+,25-,26?,30-/m0/s1. The number of likely N-dealkylation sites (tertiary alicyclic amines) is 1. The summed E-state index contributed by atoms with van der Waals surface area (Å²) in [6.07, 6.45) is 8.60. The van der Waals surface area contributed by atoms with Crippen molar-refractivity contribution in [3.05, 3.63) is 48.6 Å². The molecule has 2 amide bonds. The van der Waals surface area contributed by atoms with Gasteiger partial charge < -0.3 is 24.5 Å². The van der Waals surface area contributed by atoms with Crippen molar-refractivity contribution in [3.8, 4) is 0 Å². The summed E-state index contributed by atoms with van der Waals surface area (Å²) in [7, 11) is 0. The molecule has 210 valence electrons. The number of carbonyl (C=O) groups is 3. The monoisotopic (exact) mass is 553 g/mol. The van der Waals surface area contributed by atoms with Gasteiger partial charge >= 0.3 is 5.97 Å². The van der Waals surface area contributed by atoms with E-state index in [-0.39, 0.29) is 42.2 Å². The molecule has 6 atom stereocenters. The molecule has 9 heteroatoms. The van der Waals surface area contributed by atoms with Crippen LogP contribution in [0.1, 0.15) is 34.1 Å². The third kappa shape index (κ3) is 4.47. The molecule has 0 bridgehead atoms. The molecule has 8 nitrogen and oxygen atoms in total. The molecule has 5 rings (SSSR count). The molecule has 0 radical (unpaired) electrons. The van der Waals surface area contributed by atoms with Crippen molar-refractivity contribution >= 4 is 40.9 Å². The van der Waals surface area contributed by atoms with Gasteiger partial charge in [-0.1, -0.05) is 38.2 Å². The average molecular weight is 554 g/mol. The largest absolute Gasteiger partial charge is 0.465 e. The van der Waals surface area contributed by atoms with Gasteiger partial charge in [0.25, 0.3) is 5.91 Å². The van der Waals surface area contributed by atoms with E-state index in [0.717, 1.165) is 24.5 Å². The smallest absolute Gasteiger partial charge is 0.311 e. The number of ether oxygens (including phenoxy) is 1. The zero-order chi connectivity index (χ0) is 27.9. The van der Waals surface area contributed by atoms with Gasteiger partial charge in [0.15, 0.2) is 0 Å². The Labute approximate surface area is 235 Å². The van der Waals surface area contributed by atoms with Crippen molar-refractivity contribution in [2.24, 2.45) is 17.8 Å². The van der Waals surface area contributed by atoms with E-state index in [1.165, 1.54) is 11.8 Å². The maximum Gasteiger partial charge on any atom is 0.311 e. The second kappa shape index (κ2) is 11.0. The maximum absolute atomic E-state index is 14.6. The van der Waals surface area contributed by atoms with Gasteiger partial charge in [-0.25, -0.2) is 0 Å². The zero-order valence-corrected chi connectivity index (χ0v) is 24.0. The van der Waals surface area contributed by atoms with Crippen LogP contribution >= 0.6 is 11.8 Å². The van der Waals surface area contributed by atoms with Gasteiger partial charge in [-0.15, -0.1) is 11.8 Å². The van der Waals surface area contributed by atoms with E-state index in [0.29, 0.717) is 13.0 Å². The fourth-order valence-corrected chi connectivity index (χ4v) is 8.68. The van der Waals surface area contributed by atoms with Gasteiger partial charge in [-0.05, 0) is 50.5 Å². The van der Waals surface area contributed by atoms with Crippen LogP contribution in [0.3, 0.4) is 0 Å². The molecular formula is C30H39N3O5S. The highest BCUT2D eigenvalue weighted by Gasteiger charge is 2.72. The molecule has 2 fully saturated rings. The lowest BCUT2D eigenvalue weighted by Crippen LogP contribution is -2.57. The molecule has 0 aromatic heterocycles. The van der Waals surface area contributed by atoms with Crippen molar-refractivity contribution in [3.63, 3.8) is 0 Å². The molecule has 4 aliphatic rings. The number of esters is 1. The normalized spacial score (nSPS) is 30.9. The van der Waals surface area contributed by atoms with Crippen LogP contribution in [0.5, 0.6) is 0 Å². The molecule has 4 aliphatic heterocycles. The van der Waals surface area contributed by atoms with E-state index < -0.39 is 28.7 Å². The number of rotatable bonds is 7. The number of amides is 2. The number of benzene rings is 1. The first-order valence-electron chi connectivity index (χ1n) is 14.1. The number of carbonyl (C=O) groups excluding carboxylic acids is 3. The Morgan fingerprint density at radius 1 is 1.10 bits per heavy atom. The van der Waals surface area contributed by atoms with Crippen LogP contribution in [0.25, 0.3) is 0 Å². The van der Waals surface area contributed by atoms with E-state index in [1.54, 1.807) is 9.80 Å². The molecule has 1 N–H and O–H groups in total. The molecule has 1 spiro atoms. The number of anilines is 2. The molecule has 0 aliphatic carbocycles. The average Bonchev–Trinajstić information content (AvgIpc) is 3.29. The summed E-state index contributed by atoms with van der Waals surface area (Å²) in [5.41, 5.74) is 1.84. The summed E-state index contributed by atoms with van der Waals surface area (Å²) < 4.78 is 4.61. The molecular weight excluding hydrogens is 514 g/mol. The number of aliphatic hydroxyl groups excluding tert-OH is 1. The first-order valence-corrected chi connectivity index (χ1v) is 14.9. The summed E-state index contributed by atoms with van der Waals surface area (Å²) in [6, 6.07) is 6.56. The zero-order valence-electron chi connectivity index (χ0n) is 23.2. The van der Waals surface area contributed by atoms with Crippen LogP contribution in [0.2, 0.25) is 0 Å². The van der Waals surface area contributed by atoms with E-state index in [4.69, 9.17) is 4.74 Å². The highest BCUT2D eigenvalue weighted by molar-refractivity contribution is 8.02. The summed E-state index contributed by atoms with van der Waals surface area (Å²) >= 11 is 1.52. The number of cyclic esters (lactones) is 1. The van der Waals surface area contributed by atoms with Crippen LogP contribution in [-0.2, 0) is 19.1 Å². The van der Waals surface area contributed by atoms with Crippen molar-refractivity contribution < 1.29 is 24.2 Å². The fourth-order valence-electron chi connectivity index (χ4n) is 6.69. The first-order chi connectivity index (χ1) is 18.8. The second-order valence-corrected chi connectivity index (χ2v) is 12.5. The van der Waals surface area contributed by atoms with Crippen molar-refractivity contribution in [1.29, 1.82) is 0 Å². The molecule has 1 aromatic rings. The summed E-state index contributed by atoms with van der Waals surface area (Å²) in [4.78, 5) is 47.7. The molecule has 4 heterocycles. The quantitative estimate of drug-likeness (QED) is 0.410. The predicted octanol–water partition coefficient (Wildman–Crippen LogP) is 3.25. The Bertz CT molecular complexity index is 1160. The van der Waals surface area contributed by atoms with Crippen LogP contribution < -0.4 is 9.80 Å². The minimum Gasteiger partial charge on any atom is -0.465 e. The Hall–Kier alpha value is -2.78. The van der Waals surface area contributed by atoms with Crippen molar-refractivity contribution in [1.82, 2.24) is 4.90 Å². The molecule has 1 aromatic carbocycles. The molecule has 0 saturated carbocycles. The highest BCUT2D eigenvalue weighted by Crippen LogP contribution is 2.61. The van der Waals surface area contributed by atoms with Crippen molar-refractivity contribution in [2.45, 2.75) is 56.2 Å². The SMILES string of the molecule is CCN(CC)c1ccc(N2CC=C[C@]34S[C@H]5C=CCCOC(=O)[C@H]5[C@H]3C(=O)N([C@@H](CO)C(C)C)C4C2=O)cc1. The van der Waals surface area contributed by atoms with Gasteiger partial charge in [0.2, 0.25) is 5.91 Å². The lowest BCUT2D eigenvalue weighted by atomic mass is 9.78. The number of fused-ring (bicyclic) bond motifs is 2. The fraction of sp³-hybridized carbons (Fsp3) is 0.567. The predicted molar refractivity (Wildman–Crippen MR) is 154 cm³/mol. The number of hydrogen-bond donors (Lipinski definition) is 1. The van der Waals surface area contributed by atoms with Crippen molar-refractivity contribution in [2.75, 3.05) is 42.6 Å². The van der Waals surface area contributed by atoms with Gasteiger partial charge in [-0.2, -0.15) is 0 Å². The second-order valence-electron chi connectivity index (χ2n) is 11.0. The highest BCUT2D eigenvalue weighted by atomic mass is 32.2. The molecule has 39 heavy (non-hydrogen) atoms. The van der Waals surface area contributed by atoms with Crippen LogP contribution in [0.4, 0.5) is 11.4 Å². The Morgan fingerprint density at radius 2 is 1.82 bits per heavy atom. The van der Waals surface area contributed by atoms with Gasteiger partial charge in [0.1, 0.15) is 6.04 Å². The van der Waals surface area contributed by atoms with Crippen LogP contribution in [0.15, 0.2) is 48.6 Å². The Kier molecular flexibility index (Phi) is 7.84. The van der Waals surface area contributed by atoms with Gasteiger partial charge in [0.05, 0.1) is 35.8 Å². The summed E-state index contributed by atoms with van der Waals surface area (Å²) in [5.74, 6) is -2.34. The minimum atomic E-state index is -0.935. The first kappa shape index (κ1) is 27.8. The molecule has 2 saturated heterocycles. The van der Waals surface area contributed by atoms with Gasteiger partial charge in [0, 0.05) is 36.3 Å². The molecule has 1 unspecified atom stereocenters. The lowest BCUT2D eigenvalue weighted by molar-refractivity contribution is -0.153. The third-order valence-electron chi connectivity index (χ3n) is 8.66. The number of hydrogen-bond acceptors (Lipinski definition) is 7. The maximum atomic E-state index is 14.6. The summed E-state index contributed by atoms with van der Waals surface area (Å²) in [5, 5.41) is 10.1. The van der Waals surface area contributed by atoms with E-state index >= 15 is 0 Å². The van der Waals surface area contributed by atoms with E-state index in [9.17, 15) is 19.5 Å². The Morgan fingerprint density at radius 3 is 2.46 bits per heavy atom. The minimum absolute atomic E-state index is 0.0818. The number of nitrogens with zero attached hydrogens (tertiary/aromatic N) is 3. The van der Waals surface area contributed by atoms with Gasteiger partial charge in [-0.3, -0.25) is 14.4 Å². The third-order valence-corrected chi connectivity index (χ3v) is 10.4. The topological polar surface area (TPSA) is 90.4 Å². The summed E-state index contributed by atoms with van der Waals surface area (Å²) in [6.45, 7) is 10.3. The number of aliphatic hydroxyl groups is 1. The van der Waals surface area contributed by atoms with Crippen LogP contribution in [0, 0.1) is 17.8 Å².